The number of hydrogen-bond donors (Lipinski definition) is 1. The van der Waals surface area contributed by atoms with Gasteiger partial charge in [-0.25, -0.2) is 4.98 Å². The van der Waals surface area contributed by atoms with Crippen molar-refractivity contribution in [1.82, 2.24) is 9.55 Å². The maximum Gasteiger partial charge on any atom is 0.208 e. The SMILES string of the molecule is CCCN(CC)c1cccc2nc(Nc3ccccc3)n(C)c12. The van der Waals surface area contributed by atoms with E-state index >= 15 is 0 Å². The number of fused-ring (bicyclic) bond motifs is 1. The fourth-order valence-electron chi connectivity index (χ4n) is 2.98. The summed E-state index contributed by atoms with van der Waals surface area (Å²) in [5.41, 5.74) is 4.51. The molecule has 0 fully saturated rings. The number of anilines is 3. The van der Waals surface area contributed by atoms with Crippen LogP contribution in [0.2, 0.25) is 0 Å². The first-order chi connectivity index (χ1) is 11.2. The second-order valence-corrected chi connectivity index (χ2v) is 5.71. The van der Waals surface area contributed by atoms with Crippen molar-refractivity contribution in [2.45, 2.75) is 20.3 Å². The van der Waals surface area contributed by atoms with Crippen LogP contribution in [0.15, 0.2) is 48.5 Å². The molecule has 4 heteroatoms. The molecule has 23 heavy (non-hydrogen) atoms. The highest BCUT2D eigenvalue weighted by Gasteiger charge is 2.14. The number of benzene rings is 2. The molecular weight excluding hydrogens is 284 g/mol. The molecule has 1 heterocycles. The van der Waals surface area contributed by atoms with E-state index in [0.29, 0.717) is 0 Å². The third-order valence-electron chi connectivity index (χ3n) is 4.12. The lowest BCUT2D eigenvalue weighted by Gasteiger charge is -2.23. The Bertz CT molecular complexity index is 777. The number of nitrogens with zero attached hydrogens (tertiary/aromatic N) is 3. The molecule has 0 bridgehead atoms. The molecule has 3 rings (SSSR count). The smallest absolute Gasteiger partial charge is 0.208 e. The molecular formula is C19H24N4. The van der Waals surface area contributed by atoms with E-state index in [1.165, 1.54) is 11.2 Å². The van der Waals surface area contributed by atoms with Crippen LogP contribution in [0.25, 0.3) is 11.0 Å². The summed E-state index contributed by atoms with van der Waals surface area (Å²) in [5.74, 6) is 0.867. The highest BCUT2D eigenvalue weighted by atomic mass is 15.2. The first-order valence-electron chi connectivity index (χ1n) is 8.27. The summed E-state index contributed by atoms with van der Waals surface area (Å²) in [6, 6.07) is 16.5. The van der Waals surface area contributed by atoms with Crippen LogP contribution in [0.3, 0.4) is 0 Å². The van der Waals surface area contributed by atoms with E-state index < -0.39 is 0 Å². The molecule has 0 aliphatic heterocycles. The van der Waals surface area contributed by atoms with Crippen molar-refractivity contribution in [2.75, 3.05) is 23.3 Å². The molecule has 0 unspecified atom stereocenters. The lowest BCUT2D eigenvalue weighted by Crippen LogP contribution is -2.24. The summed E-state index contributed by atoms with van der Waals surface area (Å²) >= 11 is 0. The normalized spacial score (nSPS) is 10.9. The largest absolute Gasteiger partial charge is 0.370 e. The van der Waals surface area contributed by atoms with Crippen LogP contribution in [0.1, 0.15) is 20.3 Å². The molecule has 2 aromatic carbocycles. The fraction of sp³-hybridized carbons (Fsp3) is 0.316. The zero-order chi connectivity index (χ0) is 16.2. The minimum Gasteiger partial charge on any atom is -0.370 e. The van der Waals surface area contributed by atoms with E-state index in [0.717, 1.165) is 36.7 Å². The van der Waals surface area contributed by atoms with E-state index in [9.17, 15) is 0 Å². The van der Waals surface area contributed by atoms with Crippen LogP contribution < -0.4 is 10.2 Å². The Balaban J connectivity index is 2.04. The Morgan fingerprint density at radius 2 is 1.83 bits per heavy atom. The van der Waals surface area contributed by atoms with E-state index in [2.05, 4.69) is 66.0 Å². The predicted molar refractivity (Wildman–Crippen MR) is 98.6 cm³/mol. The van der Waals surface area contributed by atoms with Gasteiger partial charge in [-0.1, -0.05) is 31.2 Å². The highest BCUT2D eigenvalue weighted by Crippen LogP contribution is 2.30. The van der Waals surface area contributed by atoms with Gasteiger partial charge in [0, 0.05) is 25.8 Å². The fourth-order valence-corrected chi connectivity index (χ4v) is 2.98. The maximum atomic E-state index is 4.77. The average Bonchev–Trinajstić information content (AvgIpc) is 2.90. The van der Waals surface area contributed by atoms with Crippen molar-refractivity contribution in [3.05, 3.63) is 48.5 Å². The Labute approximate surface area is 137 Å². The third kappa shape index (κ3) is 3.02. The number of aryl methyl sites for hydroxylation is 1. The Morgan fingerprint density at radius 3 is 2.52 bits per heavy atom. The standard InChI is InChI=1S/C19H24N4/c1-4-14-23(5-2)17-13-9-12-16-18(17)22(3)19(21-16)20-15-10-7-6-8-11-15/h6-13H,4-5,14H2,1-3H3,(H,20,21). The van der Waals surface area contributed by atoms with Crippen LogP contribution in [-0.4, -0.2) is 22.6 Å². The molecule has 120 valence electrons. The molecule has 4 nitrogen and oxygen atoms in total. The number of hydrogen-bond acceptors (Lipinski definition) is 3. The molecule has 0 atom stereocenters. The minimum absolute atomic E-state index is 0.867. The summed E-state index contributed by atoms with van der Waals surface area (Å²) in [4.78, 5) is 7.18. The van der Waals surface area contributed by atoms with Crippen molar-refractivity contribution < 1.29 is 0 Å². The van der Waals surface area contributed by atoms with Crippen molar-refractivity contribution in [3.8, 4) is 0 Å². The number of para-hydroxylation sites is 2. The Hall–Kier alpha value is -2.49. The molecule has 0 radical (unpaired) electrons. The van der Waals surface area contributed by atoms with Gasteiger partial charge in [0.25, 0.3) is 0 Å². The van der Waals surface area contributed by atoms with Gasteiger partial charge in [0.2, 0.25) is 5.95 Å². The van der Waals surface area contributed by atoms with Gasteiger partial charge in [-0.2, -0.15) is 0 Å². The van der Waals surface area contributed by atoms with Crippen LogP contribution in [0.4, 0.5) is 17.3 Å². The lowest BCUT2D eigenvalue weighted by molar-refractivity contribution is 0.791. The molecule has 1 aromatic heterocycles. The second-order valence-electron chi connectivity index (χ2n) is 5.71. The molecule has 0 spiro atoms. The average molecular weight is 308 g/mol. The molecule has 0 saturated carbocycles. The highest BCUT2D eigenvalue weighted by molar-refractivity contribution is 5.91. The molecule has 0 aliphatic rings. The number of rotatable bonds is 6. The van der Waals surface area contributed by atoms with Crippen LogP contribution >= 0.6 is 0 Å². The molecule has 3 aromatic rings. The zero-order valence-electron chi connectivity index (χ0n) is 14.1. The molecule has 0 aliphatic carbocycles. The van der Waals surface area contributed by atoms with Crippen LogP contribution in [-0.2, 0) is 7.05 Å². The van der Waals surface area contributed by atoms with Crippen molar-refractivity contribution in [3.63, 3.8) is 0 Å². The van der Waals surface area contributed by atoms with Gasteiger partial charge < -0.3 is 14.8 Å². The van der Waals surface area contributed by atoms with Gasteiger partial charge in [0.1, 0.15) is 0 Å². The summed E-state index contributed by atoms with van der Waals surface area (Å²) in [6.07, 6.45) is 1.14. The Kier molecular flexibility index (Phi) is 4.51. The van der Waals surface area contributed by atoms with Gasteiger partial charge in [-0.05, 0) is 37.6 Å². The van der Waals surface area contributed by atoms with Crippen molar-refractivity contribution in [2.24, 2.45) is 7.05 Å². The second kappa shape index (κ2) is 6.73. The number of imidazole rings is 1. The number of aromatic nitrogens is 2. The van der Waals surface area contributed by atoms with Gasteiger partial charge in [-0.15, -0.1) is 0 Å². The first-order valence-corrected chi connectivity index (χ1v) is 8.27. The first kappa shape index (κ1) is 15.4. The minimum atomic E-state index is 0.867. The Morgan fingerprint density at radius 1 is 1.04 bits per heavy atom. The zero-order valence-corrected chi connectivity index (χ0v) is 14.1. The molecule has 0 amide bonds. The summed E-state index contributed by atoms with van der Waals surface area (Å²) in [7, 11) is 2.07. The van der Waals surface area contributed by atoms with Gasteiger partial charge in [0.05, 0.1) is 16.7 Å². The van der Waals surface area contributed by atoms with Crippen molar-refractivity contribution in [1.29, 1.82) is 0 Å². The molecule has 0 saturated heterocycles. The van der Waals surface area contributed by atoms with E-state index in [-0.39, 0.29) is 0 Å². The maximum absolute atomic E-state index is 4.77. The lowest BCUT2D eigenvalue weighted by atomic mass is 10.2. The van der Waals surface area contributed by atoms with Gasteiger partial charge in [0.15, 0.2) is 0 Å². The van der Waals surface area contributed by atoms with Crippen LogP contribution in [0.5, 0.6) is 0 Å². The quantitative estimate of drug-likeness (QED) is 0.725. The van der Waals surface area contributed by atoms with E-state index in [1.54, 1.807) is 0 Å². The summed E-state index contributed by atoms with van der Waals surface area (Å²) < 4.78 is 2.15. The summed E-state index contributed by atoms with van der Waals surface area (Å²) in [6.45, 7) is 6.48. The van der Waals surface area contributed by atoms with E-state index in [4.69, 9.17) is 4.98 Å². The van der Waals surface area contributed by atoms with Crippen LogP contribution in [0, 0.1) is 0 Å². The third-order valence-corrected chi connectivity index (χ3v) is 4.12. The predicted octanol–water partition coefficient (Wildman–Crippen LogP) is 4.55. The van der Waals surface area contributed by atoms with E-state index in [1.807, 2.05) is 18.2 Å². The summed E-state index contributed by atoms with van der Waals surface area (Å²) in [5, 5.41) is 3.41. The van der Waals surface area contributed by atoms with Crippen molar-refractivity contribution >= 4 is 28.4 Å². The molecule has 1 N–H and O–H groups in total. The monoisotopic (exact) mass is 308 g/mol. The van der Waals surface area contributed by atoms with Gasteiger partial charge >= 0.3 is 0 Å². The topological polar surface area (TPSA) is 33.1 Å². The van der Waals surface area contributed by atoms with Gasteiger partial charge in [-0.3, -0.25) is 0 Å². The number of nitrogens with one attached hydrogen (secondary N) is 1.